The number of hydrogen-bond donors (Lipinski definition) is 1. The molecule has 0 atom stereocenters. The van der Waals surface area contributed by atoms with E-state index in [0.717, 1.165) is 10.4 Å². The Hall–Kier alpha value is -3.30. The van der Waals surface area contributed by atoms with E-state index in [1.807, 2.05) is 29.0 Å². The zero-order valence-corrected chi connectivity index (χ0v) is 17.6. The second kappa shape index (κ2) is 8.60. The first-order valence-electron chi connectivity index (χ1n) is 9.15. The minimum absolute atomic E-state index is 0.198. The second-order valence-electron chi connectivity index (χ2n) is 6.27. The van der Waals surface area contributed by atoms with Crippen LogP contribution in [0.15, 0.2) is 58.1 Å². The molecule has 0 aliphatic heterocycles. The minimum atomic E-state index is -0.496. The van der Waals surface area contributed by atoms with Crippen LogP contribution in [0.4, 0.5) is 5.00 Å². The first kappa shape index (κ1) is 20.0. The van der Waals surface area contributed by atoms with E-state index in [4.69, 9.17) is 4.74 Å². The van der Waals surface area contributed by atoms with Crippen LogP contribution in [0.25, 0.3) is 21.5 Å². The van der Waals surface area contributed by atoms with Crippen molar-refractivity contribution in [2.45, 2.75) is 13.5 Å². The van der Waals surface area contributed by atoms with E-state index in [0.29, 0.717) is 21.6 Å². The van der Waals surface area contributed by atoms with Crippen molar-refractivity contribution in [2.75, 3.05) is 11.9 Å². The number of fused-ring (bicyclic) bond motifs is 1. The van der Waals surface area contributed by atoms with E-state index in [2.05, 4.69) is 10.3 Å². The maximum absolute atomic E-state index is 12.8. The number of carbonyl (C=O) groups excluding carboxylic acids is 2. The summed E-state index contributed by atoms with van der Waals surface area (Å²) < 4.78 is 6.56. The monoisotopic (exact) mass is 439 g/mol. The van der Waals surface area contributed by atoms with Gasteiger partial charge in [0, 0.05) is 15.8 Å². The van der Waals surface area contributed by atoms with Crippen molar-refractivity contribution in [2.24, 2.45) is 0 Å². The number of ether oxygens (including phenoxy) is 1. The van der Waals surface area contributed by atoms with E-state index < -0.39 is 11.9 Å². The van der Waals surface area contributed by atoms with Gasteiger partial charge >= 0.3 is 5.97 Å². The maximum Gasteiger partial charge on any atom is 0.341 e. The van der Waals surface area contributed by atoms with Gasteiger partial charge in [-0.25, -0.2) is 9.78 Å². The molecule has 1 amide bonds. The molecule has 0 unspecified atom stereocenters. The van der Waals surface area contributed by atoms with Crippen LogP contribution in [-0.2, 0) is 16.1 Å². The van der Waals surface area contributed by atoms with Crippen LogP contribution in [0.3, 0.4) is 0 Å². The fraction of sp³-hybridized carbons (Fsp3) is 0.143. The molecule has 4 aromatic rings. The second-order valence-corrected chi connectivity index (χ2v) is 8.10. The zero-order valence-electron chi connectivity index (χ0n) is 16.0. The highest BCUT2D eigenvalue weighted by Gasteiger charge is 2.23. The van der Waals surface area contributed by atoms with Crippen molar-refractivity contribution < 1.29 is 14.3 Å². The third kappa shape index (κ3) is 3.89. The van der Waals surface area contributed by atoms with Crippen molar-refractivity contribution in [1.29, 1.82) is 0 Å². The van der Waals surface area contributed by atoms with E-state index in [9.17, 15) is 14.4 Å². The number of aromatic nitrogens is 2. The first-order valence-corrected chi connectivity index (χ1v) is 10.9. The normalized spacial score (nSPS) is 10.8. The zero-order chi connectivity index (χ0) is 21.1. The number of para-hydroxylation sites is 2. The smallest absolute Gasteiger partial charge is 0.341 e. The molecule has 0 fully saturated rings. The molecular weight excluding hydrogens is 422 g/mol. The fourth-order valence-electron chi connectivity index (χ4n) is 3.06. The highest BCUT2D eigenvalue weighted by atomic mass is 32.1. The van der Waals surface area contributed by atoms with Crippen LogP contribution >= 0.6 is 22.7 Å². The van der Waals surface area contributed by atoms with E-state index >= 15 is 0 Å². The molecule has 0 saturated carbocycles. The van der Waals surface area contributed by atoms with Crippen molar-refractivity contribution in [3.63, 3.8) is 0 Å². The van der Waals surface area contributed by atoms with E-state index in [1.54, 1.807) is 25.1 Å². The summed E-state index contributed by atoms with van der Waals surface area (Å²) in [6.07, 6.45) is 1.19. The van der Waals surface area contributed by atoms with E-state index in [1.165, 1.54) is 33.4 Å². The number of esters is 1. The topological polar surface area (TPSA) is 90.3 Å². The molecule has 0 spiro atoms. The third-order valence-electron chi connectivity index (χ3n) is 4.36. The Balaban J connectivity index is 1.65. The number of nitrogens with one attached hydrogen (secondary N) is 1. The third-order valence-corrected chi connectivity index (χ3v) is 6.16. The van der Waals surface area contributed by atoms with Gasteiger partial charge in [-0.2, -0.15) is 0 Å². The summed E-state index contributed by atoms with van der Waals surface area (Å²) in [7, 11) is 0. The lowest BCUT2D eigenvalue weighted by atomic mass is 10.1. The number of thiophene rings is 2. The molecule has 7 nitrogen and oxygen atoms in total. The maximum atomic E-state index is 12.8. The number of hydrogen-bond acceptors (Lipinski definition) is 7. The first-order chi connectivity index (χ1) is 14.6. The fourth-order valence-corrected chi connectivity index (χ4v) is 4.84. The highest BCUT2D eigenvalue weighted by molar-refractivity contribution is 7.17. The van der Waals surface area contributed by atoms with Crippen molar-refractivity contribution in [3.05, 3.63) is 69.3 Å². The summed E-state index contributed by atoms with van der Waals surface area (Å²) in [6.45, 7) is 1.76. The molecule has 0 radical (unpaired) electrons. The molecule has 3 aromatic heterocycles. The Bertz CT molecular complexity index is 1280. The summed E-state index contributed by atoms with van der Waals surface area (Å²) in [5.74, 6) is -0.914. The Morgan fingerprint density at radius 1 is 1.17 bits per heavy atom. The van der Waals surface area contributed by atoms with Crippen molar-refractivity contribution in [1.82, 2.24) is 9.55 Å². The summed E-state index contributed by atoms with van der Waals surface area (Å²) in [5.41, 5.74) is 1.85. The largest absolute Gasteiger partial charge is 0.462 e. The molecule has 0 bridgehead atoms. The molecule has 152 valence electrons. The standard InChI is InChI=1S/C21H17N3O4S2/c1-2-28-21(27)19-13(16-8-5-9-29-16)12-30-20(19)23-17(25)11-24-15-7-4-3-6-14(15)22-10-18(24)26/h3-10,12H,2,11H2,1H3,(H,23,25). The number of rotatable bonds is 6. The van der Waals surface area contributed by atoms with Gasteiger partial charge < -0.3 is 10.1 Å². The molecule has 0 saturated heterocycles. The predicted molar refractivity (Wildman–Crippen MR) is 118 cm³/mol. The number of anilines is 1. The minimum Gasteiger partial charge on any atom is -0.462 e. The SMILES string of the molecule is CCOC(=O)c1c(-c2cccs2)csc1NC(=O)Cn1c(=O)cnc2ccccc21. The molecule has 0 aliphatic rings. The van der Waals surface area contributed by atoms with Gasteiger partial charge in [0.05, 0.1) is 23.8 Å². The lowest BCUT2D eigenvalue weighted by Gasteiger charge is -2.11. The summed E-state index contributed by atoms with van der Waals surface area (Å²) in [5, 5.41) is 6.91. The number of benzene rings is 1. The Morgan fingerprint density at radius 2 is 2.00 bits per heavy atom. The quantitative estimate of drug-likeness (QED) is 0.459. The van der Waals surface area contributed by atoms with Crippen LogP contribution in [0.1, 0.15) is 17.3 Å². The predicted octanol–water partition coefficient (Wildman–Crippen LogP) is 4.00. The van der Waals surface area contributed by atoms with Gasteiger partial charge in [-0.3, -0.25) is 14.2 Å². The van der Waals surface area contributed by atoms with Crippen LogP contribution in [0.2, 0.25) is 0 Å². The Kier molecular flexibility index (Phi) is 5.73. The van der Waals surface area contributed by atoms with Gasteiger partial charge in [-0.05, 0) is 30.5 Å². The average molecular weight is 440 g/mol. The number of amides is 1. The van der Waals surface area contributed by atoms with Gasteiger partial charge in [0.15, 0.2) is 0 Å². The molecule has 1 N–H and O–H groups in total. The van der Waals surface area contributed by atoms with Crippen LogP contribution in [0, 0.1) is 0 Å². The van der Waals surface area contributed by atoms with Gasteiger partial charge in [0.25, 0.3) is 5.56 Å². The Morgan fingerprint density at radius 3 is 2.77 bits per heavy atom. The van der Waals surface area contributed by atoms with Gasteiger partial charge in [0.2, 0.25) is 5.91 Å². The van der Waals surface area contributed by atoms with Crippen LogP contribution in [0.5, 0.6) is 0 Å². The lowest BCUT2D eigenvalue weighted by Crippen LogP contribution is -2.28. The van der Waals surface area contributed by atoms with E-state index in [-0.39, 0.29) is 18.7 Å². The summed E-state index contributed by atoms with van der Waals surface area (Å²) in [6, 6.07) is 10.9. The molecule has 9 heteroatoms. The van der Waals surface area contributed by atoms with Crippen LogP contribution in [-0.4, -0.2) is 28.0 Å². The van der Waals surface area contributed by atoms with Crippen molar-refractivity contribution in [3.8, 4) is 10.4 Å². The van der Waals surface area contributed by atoms with Gasteiger partial charge in [0.1, 0.15) is 17.1 Å². The lowest BCUT2D eigenvalue weighted by molar-refractivity contribution is -0.116. The number of carbonyl (C=O) groups is 2. The average Bonchev–Trinajstić information content (AvgIpc) is 3.40. The van der Waals surface area contributed by atoms with Gasteiger partial charge in [-0.15, -0.1) is 22.7 Å². The van der Waals surface area contributed by atoms with Crippen LogP contribution < -0.4 is 10.9 Å². The molecule has 1 aromatic carbocycles. The molecule has 3 heterocycles. The van der Waals surface area contributed by atoms with Crippen molar-refractivity contribution >= 4 is 50.6 Å². The summed E-state index contributed by atoms with van der Waals surface area (Å²) >= 11 is 2.75. The molecule has 4 rings (SSSR count). The highest BCUT2D eigenvalue weighted by Crippen LogP contribution is 2.38. The number of nitrogens with zero attached hydrogens (tertiary/aromatic N) is 2. The molecule has 0 aliphatic carbocycles. The Labute approximate surface area is 179 Å². The molecular formula is C21H17N3O4S2. The molecule has 30 heavy (non-hydrogen) atoms. The van der Waals surface area contributed by atoms with Gasteiger partial charge in [-0.1, -0.05) is 18.2 Å². The summed E-state index contributed by atoms with van der Waals surface area (Å²) in [4.78, 5) is 42.7.